The van der Waals surface area contributed by atoms with E-state index in [1.165, 1.54) is 41.7 Å². The molecule has 1 amide bonds. The molecule has 0 aliphatic rings. The molecule has 0 saturated carbocycles. The molecule has 1 N–H and O–H groups in total. The van der Waals surface area contributed by atoms with E-state index in [1.807, 2.05) is 24.4 Å². The second-order valence-electron chi connectivity index (χ2n) is 6.93. The minimum absolute atomic E-state index is 0.420. The zero-order valence-electron chi connectivity index (χ0n) is 18.3. The highest BCUT2D eigenvalue weighted by atomic mass is 32.1. The van der Waals surface area contributed by atoms with Crippen molar-refractivity contribution in [2.75, 3.05) is 26.1 Å². The van der Waals surface area contributed by atoms with E-state index < -0.39 is 18.5 Å². The van der Waals surface area contributed by atoms with Crippen LogP contribution in [0.25, 0.3) is 17.3 Å². The van der Waals surface area contributed by atoms with Gasteiger partial charge < -0.3 is 14.2 Å². The number of benzene rings is 2. The van der Waals surface area contributed by atoms with Crippen LogP contribution in [0.3, 0.4) is 0 Å². The van der Waals surface area contributed by atoms with E-state index in [2.05, 4.69) is 23.3 Å². The van der Waals surface area contributed by atoms with Gasteiger partial charge in [0, 0.05) is 22.6 Å². The summed E-state index contributed by atoms with van der Waals surface area (Å²) in [4.78, 5) is 28.6. The molecule has 0 radical (unpaired) electrons. The van der Waals surface area contributed by atoms with E-state index in [1.54, 1.807) is 25.3 Å². The molecule has 0 unspecified atom stereocenters. The summed E-state index contributed by atoms with van der Waals surface area (Å²) in [6.45, 7) is 3.67. The maximum absolute atomic E-state index is 12.1. The first-order valence-electron chi connectivity index (χ1n) is 9.79. The molecule has 0 atom stereocenters. The fraction of sp³-hybridized carbons (Fsp3) is 0.208. The Hall–Kier alpha value is -3.65. The largest absolute Gasteiger partial charge is 0.497 e. The maximum Gasteiger partial charge on any atom is 0.331 e. The topological polar surface area (TPSA) is 86.8 Å². The number of hydrogen-bond acceptors (Lipinski definition) is 7. The lowest BCUT2D eigenvalue weighted by molar-refractivity contribution is -0.142. The number of rotatable bonds is 8. The molecule has 1 heterocycles. The molecule has 32 heavy (non-hydrogen) atoms. The van der Waals surface area contributed by atoms with E-state index >= 15 is 0 Å². The van der Waals surface area contributed by atoms with E-state index in [4.69, 9.17) is 14.2 Å². The van der Waals surface area contributed by atoms with Gasteiger partial charge in [-0.2, -0.15) is 0 Å². The van der Waals surface area contributed by atoms with Crippen molar-refractivity contribution in [3.63, 3.8) is 0 Å². The lowest BCUT2D eigenvalue weighted by Gasteiger charge is -2.07. The summed E-state index contributed by atoms with van der Waals surface area (Å²) in [5.41, 5.74) is 4.79. The average molecular weight is 453 g/mol. The first kappa shape index (κ1) is 23.0. The highest BCUT2D eigenvalue weighted by Gasteiger charge is 2.11. The van der Waals surface area contributed by atoms with Crippen LogP contribution in [0.15, 0.2) is 47.9 Å². The van der Waals surface area contributed by atoms with Crippen LogP contribution in [0.2, 0.25) is 0 Å². The number of anilines is 1. The molecule has 0 saturated heterocycles. The number of carbonyl (C=O) groups is 2. The quantitative estimate of drug-likeness (QED) is 0.396. The van der Waals surface area contributed by atoms with Gasteiger partial charge in [-0.15, -0.1) is 11.3 Å². The Morgan fingerprint density at radius 1 is 1.06 bits per heavy atom. The standard InChI is InChI=1S/C24H24N2O5S/c1-15-5-6-17(11-16(15)2)20-14-32-24(25-20)26-22(27)13-31-23(28)10-7-18-12-19(29-3)8-9-21(18)30-4/h5-12,14H,13H2,1-4H3,(H,25,26,27). The molecule has 3 aromatic rings. The van der Waals surface area contributed by atoms with Crippen LogP contribution in [-0.2, 0) is 14.3 Å². The van der Waals surface area contributed by atoms with Crippen molar-refractivity contribution in [3.8, 4) is 22.8 Å². The van der Waals surface area contributed by atoms with Crippen LogP contribution >= 0.6 is 11.3 Å². The number of hydrogen-bond donors (Lipinski definition) is 1. The zero-order chi connectivity index (χ0) is 23.1. The monoisotopic (exact) mass is 452 g/mol. The van der Waals surface area contributed by atoms with Crippen LogP contribution in [0, 0.1) is 13.8 Å². The maximum atomic E-state index is 12.1. The molecular weight excluding hydrogens is 428 g/mol. The Balaban J connectivity index is 1.54. The van der Waals surface area contributed by atoms with Crippen molar-refractivity contribution in [1.29, 1.82) is 0 Å². The molecule has 0 aliphatic carbocycles. The Morgan fingerprint density at radius 2 is 1.88 bits per heavy atom. The SMILES string of the molecule is COc1ccc(OC)c(C=CC(=O)OCC(=O)Nc2nc(-c3ccc(C)c(C)c3)cs2)c1. The Bertz CT molecular complexity index is 1150. The van der Waals surface area contributed by atoms with Crippen molar-refractivity contribution in [2.24, 2.45) is 0 Å². The Labute approximate surface area is 190 Å². The third-order valence-electron chi connectivity index (χ3n) is 4.73. The number of amides is 1. The van der Waals surface area contributed by atoms with Gasteiger partial charge in [-0.25, -0.2) is 9.78 Å². The summed E-state index contributed by atoms with van der Waals surface area (Å²) in [5.74, 6) is 0.0874. The molecule has 0 aliphatic heterocycles. The molecule has 7 nitrogen and oxygen atoms in total. The lowest BCUT2D eigenvalue weighted by atomic mass is 10.1. The Morgan fingerprint density at radius 3 is 2.59 bits per heavy atom. The molecule has 166 valence electrons. The summed E-state index contributed by atoms with van der Waals surface area (Å²) in [6.07, 6.45) is 2.77. The number of thiazole rings is 1. The molecule has 3 rings (SSSR count). The van der Waals surface area contributed by atoms with Crippen LogP contribution in [0.1, 0.15) is 16.7 Å². The predicted octanol–water partition coefficient (Wildman–Crippen LogP) is 4.64. The van der Waals surface area contributed by atoms with Gasteiger partial charge in [-0.3, -0.25) is 10.1 Å². The number of methoxy groups -OCH3 is 2. The van der Waals surface area contributed by atoms with Crippen LogP contribution in [0.4, 0.5) is 5.13 Å². The number of nitrogens with one attached hydrogen (secondary N) is 1. The van der Waals surface area contributed by atoms with Gasteiger partial charge in [-0.1, -0.05) is 12.1 Å². The fourth-order valence-electron chi connectivity index (χ4n) is 2.83. The van der Waals surface area contributed by atoms with Gasteiger partial charge in [-0.05, 0) is 55.3 Å². The van der Waals surface area contributed by atoms with Gasteiger partial charge in [0.25, 0.3) is 5.91 Å². The predicted molar refractivity (Wildman–Crippen MR) is 125 cm³/mol. The van der Waals surface area contributed by atoms with Gasteiger partial charge >= 0.3 is 5.97 Å². The van der Waals surface area contributed by atoms with Crippen LogP contribution in [-0.4, -0.2) is 37.7 Å². The number of aryl methyl sites for hydroxylation is 2. The highest BCUT2D eigenvalue weighted by molar-refractivity contribution is 7.14. The molecular formula is C24H24N2O5S. The summed E-state index contributed by atoms with van der Waals surface area (Å²) in [6, 6.07) is 11.3. The molecule has 8 heteroatoms. The van der Waals surface area contributed by atoms with Crippen molar-refractivity contribution < 1.29 is 23.8 Å². The first-order chi connectivity index (χ1) is 15.4. The van der Waals surface area contributed by atoms with Crippen molar-refractivity contribution in [3.05, 3.63) is 64.5 Å². The normalized spacial score (nSPS) is 10.8. The summed E-state index contributed by atoms with van der Waals surface area (Å²) < 4.78 is 15.4. The third kappa shape index (κ3) is 5.95. The second kappa shape index (κ2) is 10.6. The number of ether oxygens (including phenoxy) is 3. The summed E-state index contributed by atoms with van der Waals surface area (Å²) in [7, 11) is 3.08. The van der Waals surface area contributed by atoms with E-state index in [-0.39, 0.29) is 0 Å². The van der Waals surface area contributed by atoms with Gasteiger partial charge in [0.05, 0.1) is 19.9 Å². The summed E-state index contributed by atoms with van der Waals surface area (Å²) >= 11 is 1.31. The molecule has 0 bridgehead atoms. The fourth-order valence-corrected chi connectivity index (χ4v) is 3.57. The molecule has 1 aromatic heterocycles. The number of nitrogens with zero attached hydrogens (tertiary/aromatic N) is 1. The van der Waals surface area contributed by atoms with E-state index in [0.717, 1.165) is 11.3 Å². The van der Waals surface area contributed by atoms with Crippen molar-refractivity contribution >= 4 is 34.4 Å². The Kier molecular flexibility index (Phi) is 7.62. The van der Waals surface area contributed by atoms with E-state index in [9.17, 15) is 9.59 Å². The number of carbonyl (C=O) groups excluding carboxylic acids is 2. The minimum atomic E-state index is -0.653. The third-order valence-corrected chi connectivity index (χ3v) is 5.49. The van der Waals surface area contributed by atoms with Crippen molar-refractivity contribution in [1.82, 2.24) is 4.98 Å². The highest BCUT2D eigenvalue weighted by Crippen LogP contribution is 2.27. The second-order valence-corrected chi connectivity index (χ2v) is 7.79. The van der Waals surface area contributed by atoms with Crippen LogP contribution < -0.4 is 14.8 Å². The van der Waals surface area contributed by atoms with E-state index in [0.29, 0.717) is 22.2 Å². The smallest absolute Gasteiger partial charge is 0.331 e. The summed E-state index contributed by atoms with van der Waals surface area (Å²) in [5, 5.41) is 4.96. The zero-order valence-corrected chi connectivity index (χ0v) is 19.1. The van der Waals surface area contributed by atoms with Crippen LogP contribution in [0.5, 0.6) is 11.5 Å². The molecule has 0 spiro atoms. The average Bonchev–Trinajstić information content (AvgIpc) is 3.26. The van der Waals surface area contributed by atoms with Crippen molar-refractivity contribution in [2.45, 2.75) is 13.8 Å². The number of aromatic nitrogens is 1. The van der Waals surface area contributed by atoms with Gasteiger partial charge in [0.2, 0.25) is 0 Å². The van der Waals surface area contributed by atoms with Gasteiger partial charge in [0.1, 0.15) is 11.5 Å². The molecule has 2 aromatic carbocycles. The van der Waals surface area contributed by atoms with Gasteiger partial charge in [0.15, 0.2) is 11.7 Å². The lowest BCUT2D eigenvalue weighted by Crippen LogP contribution is -2.20. The minimum Gasteiger partial charge on any atom is -0.497 e. The number of esters is 1. The molecule has 0 fully saturated rings. The first-order valence-corrected chi connectivity index (χ1v) is 10.7.